The number of nitrogens with two attached hydrogens (primary N) is 1. The fraction of sp³-hybridized carbons (Fsp3) is 0.200. The molecule has 0 aliphatic carbocycles. The molecule has 2 rings (SSSR count). The Bertz CT molecular complexity index is 450. The van der Waals surface area contributed by atoms with E-state index in [1.54, 1.807) is 18.3 Å². The van der Waals surface area contributed by atoms with Crippen LogP contribution in [0.5, 0.6) is 5.75 Å². The number of phenolic OH excluding ortho intramolecular Hbond substituents is 1. The zero-order chi connectivity index (χ0) is 10.1. The quantitative estimate of drug-likeness (QED) is 0.569. The number of aliphatic hydroxyl groups excluding tert-OH is 1. The van der Waals surface area contributed by atoms with Crippen LogP contribution >= 0.6 is 0 Å². The fourth-order valence-electron chi connectivity index (χ4n) is 1.56. The molecular weight excluding hydrogens is 180 g/mol. The highest BCUT2D eigenvalue weighted by atomic mass is 16.3. The number of hydrogen-bond donors (Lipinski definition) is 4. The van der Waals surface area contributed by atoms with Crippen molar-refractivity contribution in [3.8, 4) is 5.75 Å². The molecular formula is C10H12N2O2. The maximum absolute atomic E-state index is 9.58. The van der Waals surface area contributed by atoms with E-state index in [4.69, 9.17) is 5.73 Å². The van der Waals surface area contributed by atoms with Crippen LogP contribution in [0.25, 0.3) is 10.9 Å². The van der Waals surface area contributed by atoms with E-state index in [2.05, 4.69) is 4.98 Å². The van der Waals surface area contributed by atoms with Crippen LogP contribution in [0, 0.1) is 0 Å². The van der Waals surface area contributed by atoms with Gasteiger partial charge < -0.3 is 20.9 Å². The van der Waals surface area contributed by atoms with Gasteiger partial charge in [-0.05, 0) is 6.07 Å². The molecule has 0 aliphatic rings. The van der Waals surface area contributed by atoms with Crippen molar-refractivity contribution in [2.24, 2.45) is 5.73 Å². The fourth-order valence-corrected chi connectivity index (χ4v) is 1.56. The van der Waals surface area contributed by atoms with Crippen molar-refractivity contribution in [1.29, 1.82) is 0 Å². The third kappa shape index (κ3) is 1.25. The van der Waals surface area contributed by atoms with E-state index in [-0.39, 0.29) is 12.3 Å². The van der Waals surface area contributed by atoms with Crippen LogP contribution in [-0.4, -0.2) is 21.7 Å². The normalized spacial score (nSPS) is 13.3. The second-order valence-corrected chi connectivity index (χ2v) is 3.20. The summed E-state index contributed by atoms with van der Waals surface area (Å²) in [5.74, 6) is 0.179. The van der Waals surface area contributed by atoms with Crippen LogP contribution in [0.4, 0.5) is 0 Å². The lowest BCUT2D eigenvalue weighted by Gasteiger charge is -2.05. The maximum Gasteiger partial charge on any atom is 0.139 e. The van der Waals surface area contributed by atoms with Gasteiger partial charge in [0, 0.05) is 23.7 Å². The highest BCUT2D eigenvalue weighted by molar-refractivity contribution is 5.88. The third-order valence-corrected chi connectivity index (χ3v) is 2.31. The van der Waals surface area contributed by atoms with Crippen molar-refractivity contribution in [2.45, 2.75) is 6.10 Å². The number of para-hydroxylation sites is 1. The van der Waals surface area contributed by atoms with Gasteiger partial charge in [0.25, 0.3) is 0 Å². The smallest absolute Gasteiger partial charge is 0.139 e. The molecule has 0 amide bonds. The van der Waals surface area contributed by atoms with Crippen molar-refractivity contribution in [3.63, 3.8) is 0 Å². The van der Waals surface area contributed by atoms with Gasteiger partial charge in [0.15, 0.2) is 0 Å². The predicted octanol–water partition coefficient (Wildman–Crippen LogP) is 0.866. The Balaban J connectivity index is 2.63. The maximum atomic E-state index is 9.58. The average molecular weight is 192 g/mol. The van der Waals surface area contributed by atoms with Crippen molar-refractivity contribution in [1.82, 2.24) is 4.98 Å². The van der Waals surface area contributed by atoms with E-state index < -0.39 is 6.10 Å². The molecule has 14 heavy (non-hydrogen) atoms. The highest BCUT2D eigenvalue weighted by Gasteiger charge is 2.12. The first-order chi connectivity index (χ1) is 6.74. The Morgan fingerprint density at radius 1 is 1.43 bits per heavy atom. The van der Waals surface area contributed by atoms with E-state index in [0.29, 0.717) is 5.52 Å². The molecule has 1 unspecified atom stereocenters. The summed E-state index contributed by atoms with van der Waals surface area (Å²) in [4.78, 5) is 2.91. The minimum atomic E-state index is -0.689. The van der Waals surface area contributed by atoms with Gasteiger partial charge in [-0.25, -0.2) is 0 Å². The number of phenols is 1. The summed E-state index contributed by atoms with van der Waals surface area (Å²) in [5, 5.41) is 19.9. The van der Waals surface area contributed by atoms with E-state index in [0.717, 1.165) is 10.9 Å². The molecule has 1 heterocycles. The van der Waals surface area contributed by atoms with Gasteiger partial charge in [0.05, 0.1) is 11.6 Å². The zero-order valence-electron chi connectivity index (χ0n) is 7.57. The number of hydrogen-bond acceptors (Lipinski definition) is 3. The van der Waals surface area contributed by atoms with Gasteiger partial charge >= 0.3 is 0 Å². The van der Waals surface area contributed by atoms with E-state index >= 15 is 0 Å². The molecule has 0 bridgehead atoms. The summed E-state index contributed by atoms with van der Waals surface area (Å²) >= 11 is 0. The number of aliphatic hydroxyl groups is 1. The molecule has 0 radical (unpaired) electrons. The van der Waals surface area contributed by atoms with Gasteiger partial charge in [-0.2, -0.15) is 0 Å². The van der Waals surface area contributed by atoms with Crippen LogP contribution in [0.15, 0.2) is 24.4 Å². The lowest BCUT2D eigenvalue weighted by atomic mass is 10.1. The largest absolute Gasteiger partial charge is 0.506 e. The number of nitrogens with one attached hydrogen (secondary N) is 1. The van der Waals surface area contributed by atoms with E-state index in [1.165, 1.54) is 0 Å². The number of aromatic amines is 1. The number of aromatic nitrogens is 1. The van der Waals surface area contributed by atoms with Crippen molar-refractivity contribution in [3.05, 3.63) is 30.0 Å². The van der Waals surface area contributed by atoms with Crippen LogP contribution in [-0.2, 0) is 0 Å². The summed E-state index contributed by atoms with van der Waals surface area (Å²) in [7, 11) is 0. The Hall–Kier alpha value is -1.52. The summed E-state index contributed by atoms with van der Waals surface area (Å²) in [6.07, 6.45) is 0.979. The second kappa shape index (κ2) is 3.32. The van der Waals surface area contributed by atoms with E-state index in [9.17, 15) is 10.2 Å². The van der Waals surface area contributed by atoms with Crippen molar-refractivity contribution >= 4 is 10.9 Å². The molecule has 0 aliphatic heterocycles. The topological polar surface area (TPSA) is 82.3 Å². The minimum Gasteiger partial charge on any atom is -0.506 e. The lowest BCUT2D eigenvalue weighted by Crippen LogP contribution is -2.10. The lowest BCUT2D eigenvalue weighted by molar-refractivity contribution is 0.188. The van der Waals surface area contributed by atoms with Gasteiger partial charge in [-0.15, -0.1) is 0 Å². The molecule has 2 aromatic rings. The summed E-state index contributed by atoms with van der Waals surface area (Å²) < 4.78 is 0. The van der Waals surface area contributed by atoms with Crippen LogP contribution in [0.2, 0.25) is 0 Å². The number of aromatic hydroxyl groups is 1. The number of fused-ring (bicyclic) bond motifs is 1. The van der Waals surface area contributed by atoms with E-state index in [1.807, 2.05) is 6.07 Å². The summed E-state index contributed by atoms with van der Waals surface area (Å²) in [5.41, 5.74) is 6.72. The number of rotatable bonds is 2. The Kier molecular flexibility index (Phi) is 2.15. The first-order valence-electron chi connectivity index (χ1n) is 4.41. The van der Waals surface area contributed by atoms with Gasteiger partial charge in [-0.3, -0.25) is 0 Å². The molecule has 0 spiro atoms. The third-order valence-electron chi connectivity index (χ3n) is 2.31. The van der Waals surface area contributed by atoms with Crippen molar-refractivity contribution in [2.75, 3.05) is 6.54 Å². The first-order valence-corrected chi connectivity index (χ1v) is 4.41. The molecule has 4 nitrogen and oxygen atoms in total. The number of benzene rings is 1. The van der Waals surface area contributed by atoms with Crippen LogP contribution < -0.4 is 5.73 Å². The van der Waals surface area contributed by atoms with Gasteiger partial charge in [0.2, 0.25) is 0 Å². The molecule has 0 saturated carbocycles. The minimum absolute atomic E-state index is 0.169. The molecule has 0 saturated heterocycles. The molecule has 1 aromatic carbocycles. The van der Waals surface area contributed by atoms with Crippen LogP contribution in [0.3, 0.4) is 0 Å². The highest BCUT2D eigenvalue weighted by Crippen LogP contribution is 2.28. The molecule has 5 N–H and O–H groups in total. The van der Waals surface area contributed by atoms with Gasteiger partial charge in [0.1, 0.15) is 5.75 Å². The average Bonchev–Trinajstić information content (AvgIpc) is 2.62. The molecule has 0 fully saturated rings. The Morgan fingerprint density at radius 2 is 2.21 bits per heavy atom. The molecule has 1 aromatic heterocycles. The molecule has 74 valence electrons. The van der Waals surface area contributed by atoms with Gasteiger partial charge in [-0.1, -0.05) is 12.1 Å². The monoisotopic (exact) mass is 192 g/mol. The van der Waals surface area contributed by atoms with Crippen LogP contribution in [0.1, 0.15) is 11.7 Å². The standard InChI is InChI=1S/C10H12N2O2/c11-4-9(14)7-5-12-10-6(7)2-1-3-8(10)13/h1-3,5,9,12-14H,4,11H2. The Morgan fingerprint density at radius 3 is 2.93 bits per heavy atom. The summed E-state index contributed by atoms with van der Waals surface area (Å²) in [6.45, 7) is 0.169. The Labute approximate surface area is 81.0 Å². The second-order valence-electron chi connectivity index (χ2n) is 3.20. The molecule has 1 atom stereocenters. The number of H-pyrrole nitrogens is 1. The first kappa shape index (κ1) is 9.05. The predicted molar refractivity (Wildman–Crippen MR) is 54.0 cm³/mol. The summed E-state index contributed by atoms with van der Waals surface area (Å²) in [6, 6.07) is 5.16. The van der Waals surface area contributed by atoms with Crippen molar-refractivity contribution < 1.29 is 10.2 Å². The molecule has 4 heteroatoms. The SMILES string of the molecule is NCC(O)c1c[nH]c2c(O)cccc12. The zero-order valence-corrected chi connectivity index (χ0v) is 7.57.